The molecular weight excluding hydrogens is 422 g/mol. The highest BCUT2D eigenvalue weighted by atomic mass is 32.2. The first-order chi connectivity index (χ1) is 14.8. The summed E-state index contributed by atoms with van der Waals surface area (Å²) in [4.78, 5) is 45.6. The van der Waals surface area contributed by atoms with Crippen LogP contribution in [-0.2, 0) is 27.2 Å². The highest BCUT2D eigenvalue weighted by Crippen LogP contribution is 2.26. The molecule has 2 atom stereocenters. The van der Waals surface area contributed by atoms with Crippen molar-refractivity contribution in [3.05, 3.63) is 59.7 Å². The average Bonchev–Trinajstić information content (AvgIpc) is 3.06. The van der Waals surface area contributed by atoms with Crippen LogP contribution in [0.1, 0.15) is 11.1 Å². The Hall–Kier alpha value is -3.37. The van der Waals surface area contributed by atoms with Crippen LogP contribution in [0.15, 0.2) is 48.5 Å². The molecule has 0 spiro atoms. The highest BCUT2D eigenvalue weighted by molar-refractivity contribution is 8.15. The number of nitrogens with two attached hydrogens (primary N) is 1. The van der Waals surface area contributed by atoms with Crippen LogP contribution in [0.4, 0.5) is 4.79 Å². The van der Waals surface area contributed by atoms with Crippen molar-refractivity contribution in [2.24, 2.45) is 5.73 Å². The van der Waals surface area contributed by atoms with Crippen LogP contribution in [-0.4, -0.2) is 46.0 Å². The largest absolute Gasteiger partial charge is 0.480 e. The number of imide groups is 1. The molecule has 0 radical (unpaired) electrons. The number of hydrogen-bond donors (Lipinski definition) is 4. The third-order valence-electron chi connectivity index (χ3n) is 4.53. The summed E-state index contributed by atoms with van der Waals surface area (Å²) < 4.78 is 5.79. The number of hydrogen-bond acceptors (Lipinski definition) is 7. The number of carbonyl (C=O) groups excluding carboxylic acids is 3. The van der Waals surface area contributed by atoms with Crippen molar-refractivity contribution in [2.45, 2.75) is 24.1 Å². The number of amides is 3. The summed E-state index contributed by atoms with van der Waals surface area (Å²) in [7, 11) is 0. The number of ether oxygens (including phenoxy) is 1. The molecule has 1 saturated heterocycles. The zero-order chi connectivity index (χ0) is 22.4. The van der Waals surface area contributed by atoms with Gasteiger partial charge in [0.05, 0.1) is 11.8 Å². The van der Waals surface area contributed by atoms with Crippen LogP contribution < -0.4 is 21.1 Å². The normalized spacial score (nSPS) is 16.5. The Morgan fingerprint density at radius 1 is 1.06 bits per heavy atom. The average molecular weight is 443 g/mol. The molecule has 2 aromatic carbocycles. The Balaban J connectivity index is 1.56. The molecule has 0 aliphatic carbocycles. The molecule has 10 heteroatoms. The van der Waals surface area contributed by atoms with Crippen LogP contribution >= 0.6 is 11.8 Å². The molecule has 2 aromatic rings. The predicted octanol–water partition coefficient (Wildman–Crippen LogP) is 1.44. The monoisotopic (exact) mass is 443 g/mol. The van der Waals surface area contributed by atoms with E-state index in [1.165, 1.54) is 0 Å². The Morgan fingerprint density at radius 3 is 2.13 bits per heavy atom. The number of aliphatic carboxylic acids is 1. The Kier molecular flexibility index (Phi) is 7.27. The number of carboxylic acid groups (broad SMARTS) is 1. The molecule has 0 bridgehead atoms. The van der Waals surface area contributed by atoms with Gasteiger partial charge in [-0.25, -0.2) is 4.79 Å². The van der Waals surface area contributed by atoms with Gasteiger partial charge in [-0.1, -0.05) is 36.0 Å². The fourth-order valence-electron chi connectivity index (χ4n) is 2.95. The Labute approximate surface area is 182 Å². The van der Waals surface area contributed by atoms with Gasteiger partial charge < -0.3 is 20.9 Å². The van der Waals surface area contributed by atoms with Gasteiger partial charge in [-0.05, 0) is 41.8 Å². The molecule has 0 aromatic heterocycles. The molecule has 5 N–H and O–H groups in total. The molecular formula is C21H21N3O6S. The van der Waals surface area contributed by atoms with Gasteiger partial charge in [-0.15, -0.1) is 0 Å². The maximum Gasteiger partial charge on any atom is 0.326 e. The SMILES string of the molecule is NCC(=O)NC(Cc1ccc(Oc2ccc(CC3SC(=O)NC3=O)cc2)cc1)C(=O)O. The summed E-state index contributed by atoms with van der Waals surface area (Å²) >= 11 is 0.990. The van der Waals surface area contributed by atoms with E-state index < -0.39 is 23.2 Å². The van der Waals surface area contributed by atoms with E-state index in [1.807, 2.05) is 12.1 Å². The van der Waals surface area contributed by atoms with Crippen molar-refractivity contribution < 1.29 is 29.0 Å². The maximum absolute atomic E-state index is 11.7. The minimum atomic E-state index is -1.14. The molecule has 162 valence electrons. The molecule has 3 rings (SSSR count). The predicted molar refractivity (Wildman–Crippen MR) is 114 cm³/mol. The topological polar surface area (TPSA) is 148 Å². The van der Waals surface area contributed by atoms with Gasteiger partial charge in [0, 0.05) is 6.42 Å². The molecule has 9 nitrogen and oxygen atoms in total. The van der Waals surface area contributed by atoms with Crippen molar-refractivity contribution in [3.63, 3.8) is 0 Å². The van der Waals surface area contributed by atoms with Gasteiger partial charge in [0.25, 0.3) is 5.24 Å². The molecule has 1 fully saturated rings. The van der Waals surface area contributed by atoms with E-state index in [0.29, 0.717) is 23.5 Å². The summed E-state index contributed by atoms with van der Waals surface area (Å²) in [6, 6.07) is 13.0. The molecule has 31 heavy (non-hydrogen) atoms. The van der Waals surface area contributed by atoms with Crippen molar-refractivity contribution >= 4 is 34.8 Å². The number of nitrogens with one attached hydrogen (secondary N) is 2. The van der Waals surface area contributed by atoms with E-state index in [-0.39, 0.29) is 24.1 Å². The molecule has 2 unspecified atom stereocenters. The van der Waals surface area contributed by atoms with Crippen LogP contribution in [0.3, 0.4) is 0 Å². The van der Waals surface area contributed by atoms with E-state index in [0.717, 1.165) is 17.3 Å². The third kappa shape index (κ3) is 6.30. The fraction of sp³-hybridized carbons (Fsp3) is 0.238. The van der Waals surface area contributed by atoms with Crippen LogP contribution in [0.2, 0.25) is 0 Å². The van der Waals surface area contributed by atoms with Crippen LogP contribution in [0.25, 0.3) is 0 Å². The number of benzene rings is 2. The second-order valence-electron chi connectivity index (χ2n) is 6.84. The van der Waals surface area contributed by atoms with E-state index in [4.69, 9.17) is 10.5 Å². The number of rotatable bonds is 9. The van der Waals surface area contributed by atoms with Crippen molar-refractivity contribution in [1.82, 2.24) is 10.6 Å². The van der Waals surface area contributed by atoms with Crippen LogP contribution in [0, 0.1) is 0 Å². The first kappa shape index (κ1) is 22.3. The highest BCUT2D eigenvalue weighted by Gasteiger charge is 2.31. The second-order valence-corrected chi connectivity index (χ2v) is 8.02. The van der Waals surface area contributed by atoms with Gasteiger partial charge >= 0.3 is 5.97 Å². The van der Waals surface area contributed by atoms with Gasteiger partial charge in [0.2, 0.25) is 11.8 Å². The number of carboxylic acids is 1. The minimum Gasteiger partial charge on any atom is -0.480 e. The molecule has 1 aliphatic rings. The van der Waals surface area contributed by atoms with E-state index in [1.54, 1.807) is 36.4 Å². The lowest BCUT2D eigenvalue weighted by Gasteiger charge is -2.14. The smallest absolute Gasteiger partial charge is 0.326 e. The standard InChI is InChI=1S/C21H21N3O6S/c22-11-18(25)23-16(20(27)28)9-12-1-5-14(6-2-12)30-15-7-3-13(4-8-15)10-17-19(26)24-21(29)31-17/h1-8,16-17H,9-11,22H2,(H,23,25)(H,27,28)(H,24,26,29). The zero-order valence-electron chi connectivity index (χ0n) is 16.4. The maximum atomic E-state index is 11.7. The first-order valence-corrected chi connectivity index (χ1v) is 10.3. The van der Waals surface area contributed by atoms with E-state index >= 15 is 0 Å². The molecule has 0 saturated carbocycles. The summed E-state index contributed by atoms with van der Waals surface area (Å²) in [5.74, 6) is -0.793. The van der Waals surface area contributed by atoms with Gasteiger partial charge in [-0.2, -0.15) is 0 Å². The summed E-state index contributed by atoms with van der Waals surface area (Å²) in [6.45, 7) is -0.278. The molecule has 3 amide bonds. The molecule has 1 heterocycles. The third-order valence-corrected chi connectivity index (χ3v) is 5.51. The number of thioether (sulfide) groups is 1. The lowest BCUT2D eigenvalue weighted by molar-refractivity contribution is -0.141. The fourth-order valence-corrected chi connectivity index (χ4v) is 3.81. The second kappa shape index (κ2) is 10.1. The minimum absolute atomic E-state index is 0.116. The van der Waals surface area contributed by atoms with Gasteiger partial charge in [0.1, 0.15) is 17.5 Å². The number of carbonyl (C=O) groups is 4. The van der Waals surface area contributed by atoms with Crippen molar-refractivity contribution in [1.29, 1.82) is 0 Å². The lowest BCUT2D eigenvalue weighted by atomic mass is 10.1. The summed E-state index contributed by atoms with van der Waals surface area (Å²) in [5.41, 5.74) is 6.84. The Morgan fingerprint density at radius 2 is 1.65 bits per heavy atom. The molecule has 1 aliphatic heterocycles. The lowest BCUT2D eigenvalue weighted by Crippen LogP contribution is -2.44. The summed E-state index contributed by atoms with van der Waals surface area (Å²) in [6.07, 6.45) is 0.563. The quantitative estimate of drug-likeness (QED) is 0.455. The summed E-state index contributed by atoms with van der Waals surface area (Å²) in [5, 5.41) is 13.1. The van der Waals surface area contributed by atoms with Crippen LogP contribution in [0.5, 0.6) is 11.5 Å². The zero-order valence-corrected chi connectivity index (χ0v) is 17.2. The first-order valence-electron chi connectivity index (χ1n) is 9.43. The Bertz CT molecular complexity index is 978. The van der Waals surface area contributed by atoms with Crippen molar-refractivity contribution in [3.8, 4) is 11.5 Å². The van der Waals surface area contributed by atoms with Crippen molar-refractivity contribution in [2.75, 3.05) is 6.54 Å². The van der Waals surface area contributed by atoms with E-state index in [2.05, 4.69) is 10.6 Å². The van der Waals surface area contributed by atoms with E-state index in [9.17, 15) is 24.3 Å². The van der Waals surface area contributed by atoms with Gasteiger partial charge in [0.15, 0.2) is 0 Å². The van der Waals surface area contributed by atoms with Gasteiger partial charge in [-0.3, -0.25) is 19.7 Å².